The van der Waals surface area contributed by atoms with Gasteiger partial charge in [0, 0.05) is 13.2 Å². The summed E-state index contributed by atoms with van der Waals surface area (Å²) < 4.78 is 18.8. The molecular weight excluding hydrogens is 400 g/mol. The molecule has 1 unspecified atom stereocenters. The minimum atomic E-state index is -1.85. The molecule has 0 saturated carbocycles. The molecule has 0 N–H and O–H groups in total. The molecule has 0 spiro atoms. The summed E-state index contributed by atoms with van der Waals surface area (Å²) in [7, 11) is -1.85. The monoisotopic (exact) mass is 442 g/mol. The second kappa shape index (κ2) is 12.4. The third-order valence-corrected chi connectivity index (χ3v) is 12.4. The summed E-state index contributed by atoms with van der Waals surface area (Å²) in [5.41, 5.74) is 4.14. The van der Waals surface area contributed by atoms with Gasteiger partial charge in [-0.1, -0.05) is 84.0 Å². The average molecular weight is 443 g/mol. The normalized spacial score (nSPS) is 13.2. The Morgan fingerprint density at radius 3 is 1.87 bits per heavy atom. The molecule has 0 amide bonds. The first-order chi connectivity index (χ1) is 14.8. The fourth-order valence-electron chi connectivity index (χ4n) is 4.91. The molecule has 0 aromatic heterocycles. The van der Waals surface area contributed by atoms with E-state index in [1.165, 1.54) is 11.1 Å². The maximum absolute atomic E-state index is 6.76. The van der Waals surface area contributed by atoms with Crippen molar-refractivity contribution in [2.75, 3.05) is 13.2 Å². The second-order valence-electron chi connectivity index (χ2n) is 9.24. The van der Waals surface area contributed by atoms with E-state index in [0.717, 1.165) is 18.8 Å². The Bertz CT molecular complexity index is 719. The van der Waals surface area contributed by atoms with Crippen molar-refractivity contribution in [2.24, 2.45) is 0 Å². The number of hydrogen-bond acceptors (Lipinski definition) is 3. The molecule has 0 radical (unpaired) electrons. The fourth-order valence-corrected chi connectivity index (χ4v) is 10.4. The maximum Gasteiger partial charge on any atom is 0.200 e. The molecule has 4 heteroatoms. The van der Waals surface area contributed by atoms with Crippen LogP contribution in [0.3, 0.4) is 0 Å². The van der Waals surface area contributed by atoms with Gasteiger partial charge in [0.05, 0.1) is 6.10 Å². The fraction of sp³-hybridized carbons (Fsp3) is 0.556. The lowest BCUT2D eigenvalue weighted by atomic mass is 10.1. The molecular formula is C27H42O3Si. The smallest absolute Gasteiger partial charge is 0.200 e. The summed E-state index contributed by atoms with van der Waals surface area (Å²) in [4.78, 5) is 0. The standard InChI is InChI=1S/C27H42O3Si/c1-8-28-27(18-19-30-31(21(2)3,22(4)5)23(6)7)25-14-16-26(17-15-25)29-20-24-12-10-9-11-13-24/h9-17,21-23,27H,8,18-20H2,1-7H3. The van der Waals surface area contributed by atoms with E-state index in [0.29, 0.717) is 29.8 Å². The molecule has 0 aliphatic rings. The Balaban J connectivity index is 1.99. The summed E-state index contributed by atoms with van der Waals surface area (Å²) in [5, 5.41) is 0. The first-order valence-electron chi connectivity index (χ1n) is 11.8. The Morgan fingerprint density at radius 1 is 0.774 bits per heavy atom. The van der Waals surface area contributed by atoms with Crippen molar-refractivity contribution in [1.29, 1.82) is 0 Å². The van der Waals surface area contributed by atoms with Crippen LogP contribution >= 0.6 is 0 Å². The first-order valence-corrected chi connectivity index (χ1v) is 14.0. The summed E-state index contributed by atoms with van der Waals surface area (Å²) >= 11 is 0. The largest absolute Gasteiger partial charge is 0.489 e. The van der Waals surface area contributed by atoms with Gasteiger partial charge in [0.15, 0.2) is 8.32 Å². The lowest BCUT2D eigenvalue weighted by Crippen LogP contribution is -2.48. The van der Waals surface area contributed by atoms with Crippen molar-refractivity contribution in [3.05, 3.63) is 65.7 Å². The zero-order valence-electron chi connectivity index (χ0n) is 20.6. The van der Waals surface area contributed by atoms with Gasteiger partial charge in [0.1, 0.15) is 12.4 Å². The minimum Gasteiger partial charge on any atom is -0.489 e. The summed E-state index contributed by atoms with van der Waals surface area (Å²) in [5.74, 6) is 0.880. The second-order valence-corrected chi connectivity index (χ2v) is 14.7. The molecule has 0 aliphatic carbocycles. The van der Waals surface area contributed by atoms with Crippen molar-refractivity contribution in [3.8, 4) is 5.75 Å². The van der Waals surface area contributed by atoms with Gasteiger partial charge >= 0.3 is 0 Å². The van der Waals surface area contributed by atoms with E-state index < -0.39 is 8.32 Å². The van der Waals surface area contributed by atoms with Crippen LogP contribution in [-0.2, 0) is 15.8 Å². The topological polar surface area (TPSA) is 27.7 Å². The highest BCUT2D eigenvalue weighted by Gasteiger charge is 2.44. The predicted molar refractivity (Wildman–Crippen MR) is 133 cm³/mol. The Kier molecular flexibility index (Phi) is 10.3. The average Bonchev–Trinajstić information content (AvgIpc) is 2.75. The zero-order valence-corrected chi connectivity index (χ0v) is 21.6. The molecule has 0 bridgehead atoms. The predicted octanol–water partition coefficient (Wildman–Crippen LogP) is 7.93. The molecule has 0 fully saturated rings. The van der Waals surface area contributed by atoms with E-state index in [-0.39, 0.29) is 6.10 Å². The molecule has 0 saturated heterocycles. The van der Waals surface area contributed by atoms with Gasteiger partial charge in [0.25, 0.3) is 0 Å². The van der Waals surface area contributed by atoms with Gasteiger partial charge < -0.3 is 13.9 Å². The number of hydrogen-bond donors (Lipinski definition) is 0. The van der Waals surface area contributed by atoms with Crippen molar-refractivity contribution in [2.45, 2.75) is 84.2 Å². The van der Waals surface area contributed by atoms with Crippen LogP contribution in [0.2, 0.25) is 16.6 Å². The number of benzene rings is 2. The van der Waals surface area contributed by atoms with Gasteiger partial charge in [-0.25, -0.2) is 0 Å². The molecule has 172 valence electrons. The highest BCUT2D eigenvalue weighted by Crippen LogP contribution is 2.42. The van der Waals surface area contributed by atoms with Crippen LogP contribution in [-0.4, -0.2) is 21.5 Å². The van der Waals surface area contributed by atoms with Gasteiger partial charge in [-0.15, -0.1) is 0 Å². The Hall–Kier alpha value is -1.62. The molecule has 3 nitrogen and oxygen atoms in total. The van der Waals surface area contributed by atoms with Crippen LogP contribution in [0.4, 0.5) is 0 Å². The Labute approximate surface area is 191 Å². The van der Waals surface area contributed by atoms with E-state index in [4.69, 9.17) is 13.9 Å². The maximum atomic E-state index is 6.76. The van der Waals surface area contributed by atoms with E-state index in [1.54, 1.807) is 0 Å². The van der Waals surface area contributed by atoms with Crippen LogP contribution in [0.5, 0.6) is 5.75 Å². The van der Waals surface area contributed by atoms with Crippen molar-refractivity contribution in [1.82, 2.24) is 0 Å². The third kappa shape index (κ3) is 6.93. The number of ether oxygens (including phenoxy) is 2. The van der Waals surface area contributed by atoms with Crippen LogP contribution in [0, 0.1) is 0 Å². The zero-order chi connectivity index (χ0) is 22.9. The van der Waals surface area contributed by atoms with E-state index in [9.17, 15) is 0 Å². The van der Waals surface area contributed by atoms with Gasteiger partial charge in [-0.2, -0.15) is 0 Å². The Morgan fingerprint density at radius 2 is 1.35 bits per heavy atom. The van der Waals surface area contributed by atoms with Gasteiger partial charge in [-0.3, -0.25) is 0 Å². The molecule has 2 rings (SSSR count). The highest BCUT2D eigenvalue weighted by atomic mass is 28.4. The van der Waals surface area contributed by atoms with Crippen LogP contribution in [0.1, 0.15) is 72.1 Å². The molecule has 31 heavy (non-hydrogen) atoms. The lowest BCUT2D eigenvalue weighted by Gasteiger charge is -2.42. The van der Waals surface area contributed by atoms with Crippen molar-refractivity contribution < 1.29 is 13.9 Å². The summed E-state index contributed by atoms with van der Waals surface area (Å²) in [6.45, 7) is 18.1. The molecule has 2 aromatic carbocycles. The highest BCUT2D eigenvalue weighted by molar-refractivity contribution is 6.77. The first kappa shape index (κ1) is 25.6. The molecule has 0 heterocycles. The minimum absolute atomic E-state index is 0.0476. The van der Waals surface area contributed by atoms with Gasteiger partial charge in [-0.05, 0) is 53.2 Å². The SMILES string of the molecule is CCOC(CCO[Si](C(C)C)(C(C)C)C(C)C)c1ccc(OCc2ccccc2)cc1. The van der Waals surface area contributed by atoms with Crippen LogP contribution in [0.15, 0.2) is 54.6 Å². The quantitative estimate of drug-likeness (QED) is 0.295. The third-order valence-electron chi connectivity index (χ3n) is 6.31. The molecule has 0 aliphatic heterocycles. The molecule has 1 atom stereocenters. The van der Waals surface area contributed by atoms with Crippen LogP contribution < -0.4 is 4.74 Å². The van der Waals surface area contributed by atoms with Crippen LogP contribution in [0.25, 0.3) is 0 Å². The summed E-state index contributed by atoms with van der Waals surface area (Å²) in [6, 6.07) is 18.6. The van der Waals surface area contributed by atoms with Crippen molar-refractivity contribution in [3.63, 3.8) is 0 Å². The number of rotatable bonds is 13. The van der Waals surface area contributed by atoms with Crippen molar-refractivity contribution >= 4 is 8.32 Å². The summed E-state index contributed by atoms with van der Waals surface area (Å²) in [6.07, 6.45) is 0.922. The van der Waals surface area contributed by atoms with E-state index >= 15 is 0 Å². The van der Waals surface area contributed by atoms with Gasteiger partial charge in [0.2, 0.25) is 0 Å². The molecule has 2 aromatic rings. The van der Waals surface area contributed by atoms with E-state index in [2.05, 4.69) is 72.7 Å². The lowest BCUT2D eigenvalue weighted by molar-refractivity contribution is 0.0439. The van der Waals surface area contributed by atoms with E-state index in [1.807, 2.05) is 30.3 Å².